The molecule has 0 aliphatic carbocycles. The van der Waals surface area contributed by atoms with Gasteiger partial charge in [-0.3, -0.25) is 14.4 Å². The van der Waals surface area contributed by atoms with Crippen molar-refractivity contribution in [2.75, 3.05) is 13.2 Å². The molecule has 0 N–H and O–H groups in total. The zero-order valence-electron chi connectivity index (χ0n) is 50.2. The largest absolute Gasteiger partial charge is 0.462 e. The van der Waals surface area contributed by atoms with E-state index in [-0.39, 0.29) is 31.1 Å². The molecule has 6 heteroatoms. The number of carbonyl (C=O) groups excluding carboxylic acids is 3. The van der Waals surface area contributed by atoms with E-state index >= 15 is 0 Å². The minimum Gasteiger partial charge on any atom is -0.462 e. The van der Waals surface area contributed by atoms with Gasteiger partial charge in [0.05, 0.1) is 0 Å². The predicted octanol–water partition coefficient (Wildman–Crippen LogP) is 22.0. The van der Waals surface area contributed by atoms with Crippen molar-refractivity contribution in [3.63, 3.8) is 0 Å². The van der Waals surface area contributed by atoms with Gasteiger partial charge in [-0.05, 0) is 128 Å². The van der Waals surface area contributed by atoms with Crippen LogP contribution in [0.2, 0.25) is 0 Å². The Labute approximate surface area is 475 Å². The maximum absolute atomic E-state index is 12.9. The molecule has 0 amide bonds. The zero-order chi connectivity index (χ0) is 55.7. The number of esters is 3. The molecule has 77 heavy (non-hydrogen) atoms. The van der Waals surface area contributed by atoms with Gasteiger partial charge in [0, 0.05) is 19.3 Å². The first-order chi connectivity index (χ1) is 38.0. The highest BCUT2D eigenvalue weighted by Gasteiger charge is 2.19. The zero-order valence-corrected chi connectivity index (χ0v) is 50.2. The smallest absolute Gasteiger partial charge is 0.306 e. The lowest BCUT2D eigenvalue weighted by Crippen LogP contribution is -2.30. The topological polar surface area (TPSA) is 78.9 Å². The summed E-state index contributed by atoms with van der Waals surface area (Å²) in [6, 6.07) is 0. The summed E-state index contributed by atoms with van der Waals surface area (Å²) >= 11 is 0. The second-order valence-corrected chi connectivity index (χ2v) is 20.9. The summed E-state index contributed by atoms with van der Waals surface area (Å²) in [5.74, 6) is -0.924. The number of hydrogen-bond acceptors (Lipinski definition) is 6. The molecular formula is C71H118O6. The van der Waals surface area contributed by atoms with E-state index in [1.807, 2.05) is 0 Å². The maximum Gasteiger partial charge on any atom is 0.306 e. The summed E-state index contributed by atoms with van der Waals surface area (Å²) < 4.78 is 16.9. The van der Waals surface area contributed by atoms with Gasteiger partial charge in [-0.25, -0.2) is 0 Å². The molecule has 0 rings (SSSR count). The Morgan fingerprint density at radius 3 is 0.805 bits per heavy atom. The predicted molar refractivity (Wildman–Crippen MR) is 334 cm³/mol. The Balaban J connectivity index is 4.36. The highest BCUT2D eigenvalue weighted by atomic mass is 16.6. The van der Waals surface area contributed by atoms with Crippen LogP contribution in [0.15, 0.2) is 122 Å². The molecule has 0 aromatic carbocycles. The average molecular weight is 1070 g/mol. The standard InChI is InChI=1S/C71H118O6/c1-4-7-10-13-16-19-22-25-28-30-31-32-33-34-35-36-37-38-39-41-43-46-49-52-55-58-61-64-70(73)76-67-68(66-75-69(72)63-60-57-54-51-48-45-42-27-24-21-18-15-12-9-6-3)77-71(74)65-62-59-56-53-50-47-44-40-29-26-23-20-17-14-11-8-5-2/h7-8,10-11,16-17,19-20,25-29,31-32,34-35,42,44,47,68H,4-6,9,12-15,18,21-24,30,33,36-41,43,45-46,48-67H2,1-3H3/b10-7-,11-8-,19-16-,20-17-,28-25-,29-26-,32-31-,35-34-,42-27-,47-44-. The van der Waals surface area contributed by atoms with E-state index in [1.165, 1.54) is 116 Å². The van der Waals surface area contributed by atoms with Crippen molar-refractivity contribution in [1.82, 2.24) is 0 Å². The average Bonchev–Trinajstić information content (AvgIpc) is 3.43. The van der Waals surface area contributed by atoms with Crippen LogP contribution in [-0.2, 0) is 28.6 Å². The van der Waals surface area contributed by atoms with Crippen LogP contribution in [0.1, 0.15) is 290 Å². The minimum absolute atomic E-state index is 0.0937. The van der Waals surface area contributed by atoms with Crippen molar-refractivity contribution in [1.29, 1.82) is 0 Å². The van der Waals surface area contributed by atoms with Crippen LogP contribution >= 0.6 is 0 Å². The van der Waals surface area contributed by atoms with Gasteiger partial charge >= 0.3 is 17.9 Å². The summed E-state index contributed by atoms with van der Waals surface area (Å²) in [5, 5.41) is 0. The Kier molecular flexibility index (Phi) is 60.8. The lowest BCUT2D eigenvalue weighted by atomic mass is 10.0. The summed E-state index contributed by atoms with van der Waals surface area (Å²) in [5.41, 5.74) is 0. The van der Waals surface area contributed by atoms with Crippen LogP contribution in [0.25, 0.3) is 0 Å². The van der Waals surface area contributed by atoms with Crippen LogP contribution in [0.3, 0.4) is 0 Å². The third-order valence-corrected chi connectivity index (χ3v) is 13.4. The number of rotatable bonds is 57. The fourth-order valence-electron chi connectivity index (χ4n) is 8.69. The van der Waals surface area contributed by atoms with E-state index in [9.17, 15) is 14.4 Å². The quantitative estimate of drug-likeness (QED) is 0.0261. The summed E-state index contributed by atoms with van der Waals surface area (Å²) in [6.45, 7) is 6.39. The van der Waals surface area contributed by atoms with E-state index in [1.54, 1.807) is 0 Å². The van der Waals surface area contributed by atoms with Crippen molar-refractivity contribution in [3.8, 4) is 0 Å². The first-order valence-corrected chi connectivity index (χ1v) is 32.0. The molecule has 0 bridgehead atoms. The molecule has 0 aliphatic heterocycles. The van der Waals surface area contributed by atoms with Gasteiger partial charge in [0.25, 0.3) is 0 Å². The van der Waals surface area contributed by atoms with Crippen LogP contribution < -0.4 is 0 Å². The molecule has 438 valence electrons. The third kappa shape index (κ3) is 62.5. The number of carbonyl (C=O) groups is 3. The molecule has 0 saturated carbocycles. The molecule has 0 saturated heterocycles. The van der Waals surface area contributed by atoms with Gasteiger partial charge in [0.1, 0.15) is 13.2 Å². The second kappa shape index (κ2) is 64.3. The van der Waals surface area contributed by atoms with Crippen molar-refractivity contribution < 1.29 is 28.6 Å². The molecule has 0 radical (unpaired) electrons. The minimum atomic E-state index is -0.799. The van der Waals surface area contributed by atoms with Gasteiger partial charge in [-0.1, -0.05) is 264 Å². The Bertz CT molecular complexity index is 1600. The van der Waals surface area contributed by atoms with E-state index in [4.69, 9.17) is 14.2 Å². The van der Waals surface area contributed by atoms with Gasteiger partial charge in [0.2, 0.25) is 0 Å². The highest BCUT2D eigenvalue weighted by molar-refractivity contribution is 5.71. The monoisotopic (exact) mass is 1070 g/mol. The molecule has 0 aromatic rings. The Hall–Kier alpha value is -4.19. The summed E-state index contributed by atoms with van der Waals surface area (Å²) in [6.07, 6.45) is 89.1. The molecule has 6 nitrogen and oxygen atoms in total. The molecule has 0 heterocycles. The lowest BCUT2D eigenvalue weighted by Gasteiger charge is -2.18. The molecule has 0 aromatic heterocycles. The van der Waals surface area contributed by atoms with Crippen molar-refractivity contribution in [2.45, 2.75) is 297 Å². The summed E-state index contributed by atoms with van der Waals surface area (Å²) in [4.78, 5) is 38.3. The molecule has 1 unspecified atom stereocenters. The molecule has 0 fully saturated rings. The summed E-state index contributed by atoms with van der Waals surface area (Å²) in [7, 11) is 0. The van der Waals surface area contributed by atoms with Gasteiger partial charge in [0.15, 0.2) is 6.10 Å². The SMILES string of the molecule is CC/C=C\C/C=C\C/C=C\C/C=C\C/C=C\CCCCCCCCCCCCCC(=O)OCC(COC(=O)CCCCCCC/C=C\CCCCCCCC)OC(=O)CCCCCC/C=C\C/C=C\C/C=C\C/C=C\CC. The Morgan fingerprint density at radius 2 is 0.506 bits per heavy atom. The molecule has 1 atom stereocenters. The van der Waals surface area contributed by atoms with Gasteiger partial charge in [-0.2, -0.15) is 0 Å². The molecule has 0 spiro atoms. The van der Waals surface area contributed by atoms with Crippen LogP contribution in [0, 0.1) is 0 Å². The molecule has 0 aliphatic rings. The first kappa shape index (κ1) is 72.8. The van der Waals surface area contributed by atoms with E-state index in [2.05, 4.69) is 142 Å². The van der Waals surface area contributed by atoms with Gasteiger partial charge < -0.3 is 14.2 Å². The van der Waals surface area contributed by atoms with Crippen molar-refractivity contribution in [3.05, 3.63) is 122 Å². The fourth-order valence-corrected chi connectivity index (χ4v) is 8.69. The van der Waals surface area contributed by atoms with E-state index < -0.39 is 6.10 Å². The van der Waals surface area contributed by atoms with Crippen LogP contribution in [0.5, 0.6) is 0 Å². The van der Waals surface area contributed by atoms with E-state index in [0.717, 1.165) is 135 Å². The lowest BCUT2D eigenvalue weighted by molar-refractivity contribution is -0.167. The normalized spacial score (nSPS) is 12.9. The number of unbranched alkanes of at least 4 members (excludes halogenated alkanes) is 26. The van der Waals surface area contributed by atoms with Gasteiger partial charge in [-0.15, -0.1) is 0 Å². The Morgan fingerprint density at radius 1 is 0.273 bits per heavy atom. The maximum atomic E-state index is 12.9. The molecular weight excluding hydrogens is 949 g/mol. The second-order valence-electron chi connectivity index (χ2n) is 20.9. The number of allylic oxidation sites excluding steroid dienone is 20. The third-order valence-electron chi connectivity index (χ3n) is 13.4. The van der Waals surface area contributed by atoms with Crippen LogP contribution in [-0.4, -0.2) is 37.2 Å². The first-order valence-electron chi connectivity index (χ1n) is 32.0. The van der Waals surface area contributed by atoms with Crippen LogP contribution in [0.4, 0.5) is 0 Å². The van der Waals surface area contributed by atoms with Crippen molar-refractivity contribution >= 4 is 17.9 Å². The van der Waals surface area contributed by atoms with Crippen molar-refractivity contribution in [2.24, 2.45) is 0 Å². The highest BCUT2D eigenvalue weighted by Crippen LogP contribution is 2.15. The number of ether oxygens (including phenoxy) is 3. The fraction of sp³-hybridized carbons (Fsp3) is 0.676. The van der Waals surface area contributed by atoms with E-state index in [0.29, 0.717) is 19.3 Å². The number of hydrogen-bond donors (Lipinski definition) is 0.